The maximum Gasteiger partial charge on any atom is 0.120 e. The molecule has 0 radical (unpaired) electrons. The molecule has 1 heterocycles. The van der Waals surface area contributed by atoms with Crippen LogP contribution in [0.5, 0.6) is 0 Å². The van der Waals surface area contributed by atoms with Crippen LogP contribution in [0.3, 0.4) is 0 Å². The van der Waals surface area contributed by atoms with Crippen molar-refractivity contribution in [1.29, 1.82) is 0 Å². The molecule has 1 aliphatic carbocycles. The second-order valence-corrected chi connectivity index (χ2v) is 3.94. The van der Waals surface area contributed by atoms with Gasteiger partial charge in [-0.1, -0.05) is 19.3 Å². The average Bonchev–Trinajstić information content (AvgIpc) is 2.71. The Bertz CT molecular complexity index is 237. The van der Waals surface area contributed by atoms with E-state index in [1.54, 1.807) is 6.26 Å². The maximum absolute atomic E-state index is 6.12. The Morgan fingerprint density at radius 2 is 2.08 bits per heavy atom. The van der Waals surface area contributed by atoms with Gasteiger partial charge < -0.3 is 10.2 Å². The summed E-state index contributed by atoms with van der Waals surface area (Å²) in [5.74, 6) is 1.59. The van der Waals surface area contributed by atoms with E-state index < -0.39 is 0 Å². The van der Waals surface area contributed by atoms with Crippen LogP contribution in [0.25, 0.3) is 0 Å². The summed E-state index contributed by atoms with van der Waals surface area (Å²) < 4.78 is 5.32. The lowest BCUT2D eigenvalue weighted by molar-refractivity contribution is 0.280. The van der Waals surface area contributed by atoms with Crippen LogP contribution in [0.1, 0.15) is 43.9 Å². The van der Waals surface area contributed by atoms with Gasteiger partial charge >= 0.3 is 0 Å². The molecule has 0 spiro atoms. The Labute approximate surface area is 79.1 Å². The van der Waals surface area contributed by atoms with E-state index in [9.17, 15) is 0 Å². The van der Waals surface area contributed by atoms with Crippen molar-refractivity contribution in [3.8, 4) is 0 Å². The lowest BCUT2D eigenvalue weighted by Gasteiger charge is -2.25. The van der Waals surface area contributed by atoms with Crippen molar-refractivity contribution in [3.05, 3.63) is 24.2 Å². The first kappa shape index (κ1) is 8.82. The molecule has 13 heavy (non-hydrogen) atoms. The largest absolute Gasteiger partial charge is 0.468 e. The van der Waals surface area contributed by atoms with Gasteiger partial charge in [-0.15, -0.1) is 0 Å². The average molecular weight is 179 g/mol. The van der Waals surface area contributed by atoms with Crippen LogP contribution in [0.2, 0.25) is 0 Å². The van der Waals surface area contributed by atoms with Crippen molar-refractivity contribution in [2.45, 2.75) is 38.1 Å². The summed E-state index contributed by atoms with van der Waals surface area (Å²) in [6.07, 6.45) is 8.28. The fourth-order valence-corrected chi connectivity index (χ4v) is 2.21. The van der Waals surface area contributed by atoms with Crippen LogP contribution >= 0.6 is 0 Å². The highest BCUT2D eigenvalue weighted by Crippen LogP contribution is 2.32. The molecule has 2 rings (SSSR count). The molecule has 0 aliphatic heterocycles. The van der Waals surface area contributed by atoms with Gasteiger partial charge in [-0.3, -0.25) is 0 Å². The fourth-order valence-electron chi connectivity index (χ4n) is 2.21. The molecule has 2 nitrogen and oxygen atoms in total. The second-order valence-electron chi connectivity index (χ2n) is 3.94. The number of hydrogen-bond acceptors (Lipinski definition) is 2. The van der Waals surface area contributed by atoms with Crippen molar-refractivity contribution in [3.63, 3.8) is 0 Å². The van der Waals surface area contributed by atoms with Crippen molar-refractivity contribution in [2.75, 3.05) is 0 Å². The predicted octanol–water partition coefficient (Wildman–Crippen LogP) is 2.86. The maximum atomic E-state index is 6.12. The van der Waals surface area contributed by atoms with E-state index in [0.717, 1.165) is 5.76 Å². The van der Waals surface area contributed by atoms with Crippen molar-refractivity contribution < 1.29 is 4.42 Å². The van der Waals surface area contributed by atoms with Gasteiger partial charge in [0.1, 0.15) is 5.76 Å². The van der Waals surface area contributed by atoms with E-state index >= 15 is 0 Å². The van der Waals surface area contributed by atoms with Gasteiger partial charge in [-0.25, -0.2) is 0 Å². The lowest BCUT2D eigenvalue weighted by atomic mass is 9.83. The molecule has 0 aromatic carbocycles. The van der Waals surface area contributed by atoms with Gasteiger partial charge in [0.15, 0.2) is 0 Å². The molecule has 1 aromatic rings. The van der Waals surface area contributed by atoms with E-state index in [1.165, 1.54) is 32.1 Å². The highest BCUT2D eigenvalue weighted by Gasteiger charge is 2.23. The Kier molecular flexibility index (Phi) is 2.69. The Hall–Kier alpha value is -0.760. The summed E-state index contributed by atoms with van der Waals surface area (Å²) in [4.78, 5) is 0. The Morgan fingerprint density at radius 3 is 2.69 bits per heavy atom. The van der Waals surface area contributed by atoms with Crippen LogP contribution in [0, 0.1) is 5.92 Å². The summed E-state index contributed by atoms with van der Waals surface area (Å²) in [5.41, 5.74) is 6.12. The minimum absolute atomic E-state index is 0.121. The van der Waals surface area contributed by atoms with Gasteiger partial charge in [0, 0.05) is 0 Å². The first-order valence-electron chi connectivity index (χ1n) is 5.17. The molecule has 1 atom stereocenters. The van der Waals surface area contributed by atoms with Crippen LogP contribution < -0.4 is 5.73 Å². The fraction of sp³-hybridized carbons (Fsp3) is 0.636. The highest BCUT2D eigenvalue weighted by molar-refractivity contribution is 5.05. The zero-order chi connectivity index (χ0) is 9.10. The zero-order valence-electron chi connectivity index (χ0n) is 7.91. The van der Waals surface area contributed by atoms with E-state index in [4.69, 9.17) is 10.2 Å². The molecule has 72 valence electrons. The molecule has 0 saturated heterocycles. The number of rotatable bonds is 2. The molecule has 1 aromatic heterocycles. The monoisotopic (exact) mass is 179 g/mol. The van der Waals surface area contributed by atoms with Crippen molar-refractivity contribution in [2.24, 2.45) is 11.7 Å². The molecule has 2 N–H and O–H groups in total. The van der Waals surface area contributed by atoms with Gasteiger partial charge in [-0.2, -0.15) is 0 Å². The van der Waals surface area contributed by atoms with Crippen LogP contribution in [-0.4, -0.2) is 0 Å². The SMILES string of the molecule is N[C@H](c1ccco1)C1CCCCC1. The van der Waals surface area contributed by atoms with Gasteiger partial charge in [0.2, 0.25) is 0 Å². The first-order valence-corrected chi connectivity index (χ1v) is 5.17. The summed E-state index contributed by atoms with van der Waals surface area (Å²) in [6.45, 7) is 0. The molecule has 1 aliphatic rings. The van der Waals surface area contributed by atoms with Gasteiger partial charge in [0.25, 0.3) is 0 Å². The quantitative estimate of drug-likeness (QED) is 0.758. The van der Waals surface area contributed by atoms with Crippen molar-refractivity contribution >= 4 is 0 Å². The minimum atomic E-state index is 0.121. The summed E-state index contributed by atoms with van der Waals surface area (Å²) in [6, 6.07) is 4.02. The number of furan rings is 1. The van der Waals surface area contributed by atoms with E-state index in [2.05, 4.69) is 0 Å². The minimum Gasteiger partial charge on any atom is -0.468 e. The zero-order valence-corrected chi connectivity index (χ0v) is 7.91. The third-order valence-electron chi connectivity index (χ3n) is 3.03. The molecule has 1 fully saturated rings. The van der Waals surface area contributed by atoms with Crippen LogP contribution in [0.15, 0.2) is 22.8 Å². The smallest absolute Gasteiger partial charge is 0.120 e. The summed E-state index contributed by atoms with van der Waals surface area (Å²) >= 11 is 0. The van der Waals surface area contributed by atoms with Crippen LogP contribution in [0.4, 0.5) is 0 Å². The number of nitrogens with two attached hydrogens (primary N) is 1. The van der Waals surface area contributed by atoms with E-state index in [1.807, 2.05) is 12.1 Å². The normalized spacial score (nSPS) is 21.6. The molecule has 1 saturated carbocycles. The second kappa shape index (κ2) is 3.97. The molecule has 2 heteroatoms. The molecule has 0 unspecified atom stereocenters. The molecular formula is C11H17NO. The number of hydrogen-bond donors (Lipinski definition) is 1. The topological polar surface area (TPSA) is 39.2 Å². The lowest BCUT2D eigenvalue weighted by Crippen LogP contribution is -2.22. The summed E-state index contributed by atoms with van der Waals surface area (Å²) in [7, 11) is 0. The third-order valence-corrected chi connectivity index (χ3v) is 3.03. The summed E-state index contributed by atoms with van der Waals surface area (Å²) in [5, 5.41) is 0. The predicted molar refractivity (Wildman–Crippen MR) is 52.2 cm³/mol. The molecule has 0 amide bonds. The van der Waals surface area contributed by atoms with Gasteiger partial charge in [0.05, 0.1) is 12.3 Å². The van der Waals surface area contributed by atoms with Gasteiger partial charge in [-0.05, 0) is 30.9 Å². The van der Waals surface area contributed by atoms with E-state index in [-0.39, 0.29) is 6.04 Å². The van der Waals surface area contributed by atoms with Crippen LogP contribution in [-0.2, 0) is 0 Å². The highest BCUT2D eigenvalue weighted by atomic mass is 16.3. The standard InChI is InChI=1S/C11H17NO/c12-11(10-7-4-8-13-10)9-5-2-1-3-6-9/h4,7-9,11H,1-3,5-6,12H2/t11-/m0/s1. The molecule has 0 bridgehead atoms. The Balaban J connectivity index is 1.99. The Morgan fingerprint density at radius 1 is 1.31 bits per heavy atom. The first-order chi connectivity index (χ1) is 6.38. The van der Waals surface area contributed by atoms with Crippen molar-refractivity contribution in [1.82, 2.24) is 0 Å². The molecular weight excluding hydrogens is 162 g/mol. The van der Waals surface area contributed by atoms with E-state index in [0.29, 0.717) is 5.92 Å². The third kappa shape index (κ3) is 1.94.